The van der Waals surface area contributed by atoms with Crippen molar-refractivity contribution in [1.82, 2.24) is 9.21 Å². The molecule has 116 valence electrons. The first-order valence-corrected chi connectivity index (χ1v) is 8.36. The maximum Gasteiger partial charge on any atom is 0.410 e. The fraction of sp³-hybridized carbons (Fsp3) is 0.500. The van der Waals surface area contributed by atoms with Crippen LogP contribution in [0.2, 0.25) is 0 Å². The number of amides is 1. The Labute approximate surface area is 125 Å². The zero-order valence-electron chi connectivity index (χ0n) is 12.2. The Bertz CT molecular complexity index is 578. The number of rotatable bonds is 3. The van der Waals surface area contributed by atoms with Gasteiger partial charge in [-0.05, 0) is 26.0 Å². The average molecular weight is 312 g/mol. The SMILES string of the molecule is CC(C)OC(=O)N1CCN(S(=O)(=O)c2ccccc2)CC1. The molecule has 1 aliphatic heterocycles. The monoisotopic (exact) mass is 312 g/mol. The van der Waals surface area contributed by atoms with Gasteiger partial charge in [-0.15, -0.1) is 0 Å². The lowest BCUT2D eigenvalue weighted by Crippen LogP contribution is -2.50. The Morgan fingerprint density at radius 1 is 1.10 bits per heavy atom. The number of sulfonamides is 1. The summed E-state index contributed by atoms with van der Waals surface area (Å²) < 4.78 is 31.4. The van der Waals surface area contributed by atoms with Crippen LogP contribution in [0.3, 0.4) is 0 Å². The predicted molar refractivity (Wildman–Crippen MR) is 78.4 cm³/mol. The van der Waals surface area contributed by atoms with Gasteiger partial charge in [-0.25, -0.2) is 13.2 Å². The van der Waals surface area contributed by atoms with E-state index in [0.29, 0.717) is 13.1 Å². The number of piperazine rings is 1. The fourth-order valence-corrected chi connectivity index (χ4v) is 3.57. The van der Waals surface area contributed by atoms with E-state index in [1.54, 1.807) is 44.2 Å². The molecule has 0 radical (unpaired) electrons. The summed E-state index contributed by atoms with van der Waals surface area (Å²) in [7, 11) is -3.48. The molecule has 0 atom stereocenters. The molecular weight excluding hydrogens is 292 g/mol. The summed E-state index contributed by atoms with van der Waals surface area (Å²) in [5.74, 6) is 0. The molecule has 1 amide bonds. The third-order valence-electron chi connectivity index (χ3n) is 3.21. The molecule has 0 N–H and O–H groups in total. The van der Waals surface area contributed by atoms with Gasteiger partial charge >= 0.3 is 6.09 Å². The van der Waals surface area contributed by atoms with Crippen molar-refractivity contribution in [3.05, 3.63) is 30.3 Å². The van der Waals surface area contributed by atoms with Crippen LogP contribution in [-0.4, -0.2) is 56.0 Å². The van der Waals surface area contributed by atoms with Crippen molar-refractivity contribution in [3.63, 3.8) is 0 Å². The number of carbonyl (C=O) groups is 1. The first-order valence-electron chi connectivity index (χ1n) is 6.92. The van der Waals surface area contributed by atoms with Crippen molar-refractivity contribution in [1.29, 1.82) is 0 Å². The van der Waals surface area contributed by atoms with Crippen LogP contribution in [0.1, 0.15) is 13.8 Å². The molecule has 21 heavy (non-hydrogen) atoms. The minimum Gasteiger partial charge on any atom is -0.447 e. The molecule has 1 fully saturated rings. The van der Waals surface area contributed by atoms with Gasteiger partial charge in [-0.3, -0.25) is 0 Å². The van der Waals surface area contributed by atoms with Crippen molar-refractivity contribution in [2.75, 3.05) is 26.2 Å². The first kappa shape index (κ1) is 15.8. The van der Waals surface area contributed by atoms with E-state index in [9.17, 15) is 13.2 Å². The van der Waals surface area contributed by atoms with E-state index in [1.807, 2.05) is 0 Å². The largest absolute Gasteiger partial charge is 0.447 e. The zero-order valence-corrected chi connectivity index (χ0v) is 13.0. The van der Waals surface area contributed by atoms with Crippen LogP contribution < -0.4 is 0 Å². The van der Waals surface area contributed by atoms with Gasteiger partial charge in [-0.2, -0.15) is 4.31 Å². The second-order valence-electron chi connectivity index (χ2n) is 5.14. The van der Waals surface area contributed by atoms with Crippen LogP contribution in [-0.2, 0) is 14.8 Å². The zero-order chi connectivity index (χ0) is 15.5. The highest BCUT2D eigenvalue weighted by atomic mass is 32.2. The van der Waals surface area contributed by atoms with Gasteiger partial charge < -0.3 is 9.64 Å². The van der Waals surface area contributed by atoms with Crippen LogP contribution in [0, 0.1) is 0 Å². The maximum atomic E-state index is 12.4. The summed E-state index contributed by atoms with van der Waals surface area (Å²) in [5, 5.41) is 0. The van der Waals surface area contributed by atoms with E-state index in [4.69, 9.17) is 4.74 Å². The van der Waals surface area contributed by atoms with E-state index in [1.165, 1.54) is 9.21 Å². The van der Waals surface area contributed by atoms with E-state index >= 15 is 0 Å². The molecule has 1 aromatic rings. The molecule has 0 aromatic heterocycles. The van der Waals surface area contributed by atoms with Gasteiger partial charge in [0.25, 0.3) is 0 Å². The molecule has 2 rings (SSSR count). The molecule has 7 heteroatoms. The number of hydrogen-bond acceptors (Lipinski definition) is 4. The standard InChI is InChI=1S/C14H20N2O4S/c1-12(2)20-14(17)15-8-10-16(11-9-15)21(18,19)13-6-4-3-5-7-13/h3-7,12H,8-11H2,1-2H3. The van der Waals surface area contributed by atoms with Gasteiger partial charge in [0.05, 0.1) is 11.0 Å². The normalized spacial score (nSPS) is 17.0. The second-order valence-corrected chi connectivity index (χ2v) is 7.07. The fourth-order valence-electron chi connectivity index (χ4n) is 2.13. The van der Waals surface area contributed by atoms with Gasteiger partial charge in [0.2, 0.25) is 10.0 Å². The van der Waals surface area contributed by atoms with Crippen molar-refractivity contribution in [2.24, 2.45) is 0 Å². The summed E-state index contributed by atoms with van der Waals surface area (Å²) in [6.45, 7) is 4.83. The summed E-state index contributed by atoms with van der Waals surface area (Å²) in [6.07, 6.45) is -0.564. The maximum absolute atomic E-state index is 12.4. The molecule has 0 spiro atoms. The highest BCUT2D eigenvalue weighted by molar-refractivity contribution is 7.89. The number of benzene rings is 1. The van der Waals surface area contributed by atoms with Gasteiger partial charge in [0.1, 0.15) is 0 Å². The van der Waals surface area contributed by atoms with Gasteiger partial charge in [-0.1, -0.05) is 18.2 Å². The summed E-state index contributed by atoms with van der Waals surface area (Å²) in [6, 6.07) is 8.33. The summed E-state index contributed by atoms with van der Waals surface area (Å²) in [5.41, 5.74) is 0. The topological polar surface area (TPSA) is 66.9 Å². The minimum atomic E-state index is -3.48. The van der Waals surface area contributed by atoms with Crippen LogP contribution >= 0.6 is 0 Å². The number of carbonyl (C=O) groups excluding carboxylic acids is 1. The molecule has 1 aromatic carbocycles. The second kappa shape index (κ2) is 6.44. The molecule has 6 nitrogen and oxygen atoms in total. The third kappa shape index (κ3) is 3.74. The Morgan fingerprint density at radius 2 is 1.67 bits per heavy atom. The highest BCUT2D eigenvalue weighted by Gasteiger charge is 2.30. The van der Waals surface area contributed by atoms with Crippen molar-refractivity contribution in [3.8, 4) is 0 Å². The van der Waals surface area contributed by atoms with Crippen LogP contribution in [0.25, 0.3) is 0 Å². The molecule has 1 heterocycles. The lowest BCUT2D eigenvalue weighted by Gasteiger charge is -2.33. The van der Waals surface area contributed by atoms with Crippen LogP contribution in [0.15, 0.2) is 35.2 Å². The average Bonchev–Trinajstić information content (AvgIpc) is 2.47. The van der Waals surface area contributed by atoms with Crippen molar-refractivity contribution >= 4 is 16.1 Å². The molecule has 0 unspecified atom stereocenters. The van der Waals surface area contributed by atoms with Gasteiger partial charge in [0.15, 0.2) is 0 Å². The Balaban J connectivity index is 2.00. The van der Waals surface area contributed by atoms with E-state index in [2.05, 4.69) is 0 Å². The van der Waals surface area contributed by atoms with E-state index < -0.39 is 10.0 Å². The predicted octanol–water partition coefficient (Wildman–Crippen LogP) is 1.54. The Morgan fingerprint density at radius 3 is 2.19 bits per heavy atom. The van der Waals surface area contributed by atoms with E-state index in [-0.39, 0.29) is 30.2 Å². The number of ether oxygens (including phenoxy) is 1. The molecule has 1 aliphatic rings. The Hall–Kier alpha value is -1.60. The lowest BCUT2D eigenvalue weighted by molar-refractivity contribution is 0.0667. The van der Waals surface area contributed by atoms with E-state index in [0.717, 1.165) is 0 Å². The number of hydrogen-bond donors (Lipinski definition) is 0. The summed E-state index contributed by atoms with van der Waals surface area (Å²) in [4.78, 5) is 13.6. The molecule has 0 saturated carbocycles. The van der Waals surface area contributed by atoms with Crippen molar-refractivity contribution < 1.29 is 17.9 Å². The van der Waals surface area contributed by atoms with Gasteiger partial charge in [0, 0.05) is 26.2 Å². The van der Waals surface area contributed by atoms with Crippen LogP contribution in [0.5, 0.6) is 0 Å². The third-order valence-corrected chi connectivity index (χ3v) is 5.13. The smallest absolute Gasteiger partial charge is 0.410 e. The first-order chi connectivity index (χ1) is 9.91. The highest BCUT2D eigenvalue weighted by Crippen LogP contribution is 2.17. The minimum absolute atomic E-state index is 0.177. The lowest BCUT2D eigenvalue weighted by atomic mass is 10.4. The quantitative estimate of drug-likeness (QED) is 0.849. The molecular formula is C14H20N2O4S. The molecule has 0 aliphatic carbocycles. The van der Waals surface area contributed by atoms with Crippen molar-refractivity contribution in [2.45, 2.75) is 24.8 Å². The molecule has 1 saturated heterocycles. The van der Waals surface area contributed by atoms with Crippen LogP contribution in [0.4, 0.5) is 4.79 Å². The summed E-state index contributed by atoms with van der Waals surface area (Å²) >= 11 is 0. The Kier molecular flexibility index (Phi) is 4.84. The molecule has 0 bridgehead atoms. The number of nitrogens with zero attached hydrogens (tertiary/aromatic N) is 2.